The molecule has 2 rings (SSSR count). The van der Waals surface area contributed by atoms with Gasteiger partial charge in [0.25, 0.3) is 0 Å². The summed E-state index contributed by atoms with van der Waals surface area (Å²) in [5, 5.41) is 13.2. The topological polar surface area (TPSA) is 41.5 Å². The summed E-state index contributed by atoms with van der Waals surface area (Å²) in [4.78, 5) is 1.17. The molecule has 1 atom stereocenters. The van der Waals surface area contributed by atoms with Gasteiger partial charge in [-0.25, -0.2) is 0 Å². The van der Waals surface area contributed by atoms with Crippen molar-refractivity contribution in [1.29, 1.82) is 0 Å². The third-order valence-corrected chi connectivity index (χ3v) is 4.32. The Labute approximate surface area is 121 Å². The highest BCUT2D eigenvalue weighted by atomic mass is 35.5. The number of phenolic OH excluding ortho intramolecular Hbond substituents is 1. The van der Waals surface area contributed by atoms with Crippen LogP contribution in [0.4, 0.5) is 0 Å². The Kier molecular flexibility index (Phi) is 4.69. The Morgan fingerprint density at radius 2 is 2.16 bits per heavy atom. The number of rotatable bonds is 5. The average molecular weight is 298 g/mol. The van der Waals surface area contributed by atoms with E-state index in [1.54, 1.807) is 30.6 Å². The highest BCUT2D eigenvalue weighted by molar-refractivity contribution is 7.16. The van der Waals surface area contributed by atoms with E-state index in [1.807, 2.05) is 18.2 Å². The fourth-order valence-electron chi connectivity index (χ4n) is 1.76. The molecule has 0 aliphatic rings. The van der Waals surface area contributed by atoms with Crippen LogP contribution in [-0.2, 0) is 6.54 Å². The maximum absolute atomic E-state index is 9.80. The van der Waals surface area contributed by atoms with Crippen LogP contribution >= 0.6 is 22.9 Å². The van der Waals surface area contributed by atoms with Crippen LogP contribution in [0.2, 0.25) is 4.34 Å². The minimum atomic E-state index is 0.183. The minimum absolute atomic E-state index is 0.183. The predicted molar refractivity (Wildman–Crippen MR) is 79.2 cm³/mol. The lowest BCUT2D eigenvalue weighted by Crippen LogP contribution is -2.17. The lowest BCUT2D eigenvalue weighted by atomic mass is 10.1. The van der Waals surface area contributed by atoms with E-state index < -0.39 is 0 Å². The molecule has 0 saturated carbocycles. The number of aromatic hydroxyl groups is 1. The number of nitrogens with one attached hydrogen (secondary N) is 1. The van der Waals surface area contributed by atoms with Crippen molar-refractivity contribution in [2.75, 3.05) is 7.11 Å². The molecule has 0 radical (unpaired) electrons. The second-order valence-corrected chi connectivity index (χ2v) is 5.99. The third-order valence-electron chi connectivity index (χ3n) is 2.91. The van der Waals surface area contributed by atoms with Crippen LogP contribution < -0.4 is 10.1 Å². The van der Waals surface area contributed by atoms with Crippen molar-refractivity contribution in [3.05, 3.63) is 45.1 Å². The number of hydrogen-bond acceptors (Lipinski definition) is 4. The van der Waals surface area contributed by atoms with Gasteiger partial charge >= 0.3 is 0 Å². The van der Waals surface area contributed by atoms with Gasteiger partial charge in [-0.15, -0.1) is 11.3 Å². The first-order valence-corrected chi connectivity index (χ1v) is 7.14. The summed E-state index contributed by atoms with van der Waals surface area (Å²) < 4.78 is 5.94. The van der Waals surface area contributed by atoms with Crippen LogP contribution in [0.5, 0.6) is 11.5 Å². The second-order valence-electron chi connectivity index (χ2n) is 4.24. The zero-order valence-electron chi connectivity index (χ0n) is 10.8. The van der Waals surface area contributed by atoms with Crippen molar-refractivity contribution in [3.63, 3.8) is 0 Å². The van der Waals surface area contributed by atoms with E-state index in [4.69, 9.17) is 16.3 Å². The van der Waals surface area contributed by atoms with Gasteiger partial charge in [-0.05, 0) is 37.3 Å². The lowest BCUT2D eigenvalue weighted by molar-refractivity contribution is 0.409. The highest BCUT2D eigenvalue weighted by Gasteiger charge is 2.09. The number of halogens is 1. The SMILES string of the molecule is COc1ccc(O)c(CNC(C)c2ccc(Cl)s2)c1. The lowest BCUT2D eigenvalue weighted by Gasteiger charge is -2.13. The quantitative estimate of drug-likeness (QED) is 0.877. The molecule has 2 N–H and O–H groups in total. The number of thiophene rings is 1. The molecule has 0 saturated heterocycles. The number of benzene rings is 1. The van der Waals surface area contributed by atoms with Crippen LogP contribution in [0.25, 0.3) is 0 Å². The summed E-state index contributed by atoms with van der Waals surface area (Å²) in [6, 6.07) is 9.29. The van der Waals surface area contributed by atoms with Crippen LogP contribution in [0.1, 0.15) is 23.4 Å². The average Bonchev–Trinajstić information content (AvgIpc) is 2.84. The summed E-state index contributed by atoms with van der Waals surface area (Å²) in [6.07, 6.45) is 0. The minimum Gasteiger partial charge on any atom is -0.508 e. The molecule has 3 nitrogen and oxygen atoms in total. The molecule has 5 heteroatoms. The van der Waals surface area contributed by atoms with Crippen LogP contribution in [0.15, 0.2) is 30.3 Å². The van der Waals surface area contributed by atoms with Gasteiger partial charge in [-0.3, -0.25) is 0 Å². The van der Waals surface area contributed by atoms with Gasteiger partial charge in [0, 0.05) is 23.0 Å². The third kappa shape index (κ3) is 3.62. The zero-order chi connectivity index (χ0) is 13.8. The normalized spacial score (nSPS) is 12.4. The van der Waals surface area contributed by atoms with Crippen molar-refractivity contribution in [2.24, 2.45) is 0 Å². The van der Waals surface area contributed by atoms with Gasteiger partial charge < -0.3 is 15.2 Å². The molecule has 19 heavy (non-hydrogen) atoms. The first-order chi connectivity index (χ1) is 9.10. The Bertz CT molecular complexity index is 556. The summed E-state index contributed by atoms with van der Waals surface area (Å²) in [5.41, 5.74) is 0.814. The summed E-state index contributed by atoms with van der Waals surface area (Å²) >= 11 is 7.48. The maximum atomic E-state index is 9.80. The van der Waals surface area contributed by atoms with E-state index in [9.17, 15) is 5.11 Å². The molecular weight excluding hydrogens is 282 g/mol. The summed E-state index contributed by atoms with van der Waals surface area (Å²) in [5.74, 6) is 1.01. The highest BCUT2D eigenvalue weighted by Crippen LogP contribution is 2.28. The molecule has 0 amide bonds. The molecule has 0 bridgehead atoms. The van der Waals surface area contributed by atoms with Crippen LogP contribution in [0, 0.1) is 0 Å². The molecule has 1 heterocycles. The van der Waals surface area contributed by atoms with Gasteiger partial charge in [0.2, 0.25) is 0 Å². The molecule has 0 spiro atoms. The van der Waals surface area contributed by atoms with Gasteiger partial charge in [-0.1, -0.05) is 11.6 Å². The van der Waals surface area contributed by atoms with Crippen molar-refractivity contribution < 1.29 is 9.84 Å². The molecule has 1 unspecified atom stereocenters. The zero-order valence-corrected chi connectivity index (χ0v) is 12.4. The molecule has 0 aliphatic carbocycles. The van der Waals surface area contributed by atoms with Gasteiger partial charge in [0.1, 0.15) is 11.5 Å². The molecule has 2 aromatic rings. The number of methoxy groups -OCH3 is 1. The summed E-state index contributed by atoms with van der Waals surface area (Å²) in [7, 11) is 1.61. The van der Waals surface area contributed by atoms with Gasteiger partial charge in [0.05, 0.1) is 11.4 Å². The fourth-order valence-corrected chi connectivity index (χ4v) is 2.84. The summed E-state index contributed by atoms with van der Waals surface area (Å²) in [6.45, 7) is 2.64. The molecule has 0 fully saturated rings. The second kappa shape index (κ2) is 6.28. The Morgan fingerprint density at radius 3 is 2.79 bits per heavy atom. The standard InChI is InChI=1S/C14H16ClNO2S/c1-9(13-5-6-14(15)19-13)16-8-10-7-11(18-2)3-4-12(10)17/h3-7,9,16-17H,8H2,1-2H3. The smallest absolute Gasteiger partial charge is 0.120 e. The van der Waals surface area contributed by atoms with Crippen molar-refractivity contribution in [1.82, 2.24) is 5.32 Å². The van der Waals surface area contributed by atoms with Gasteiger partial charge in [0.15, 0.2) is 0 Å². The van der Waals surface area contributed by atoms with E-state index in [0.29, 0.717) is 6.54 Å². The first-order valence-electron chi connectivity index (χ1n) is 5.94. The number of phenols is 1. The number of hydrogen-bond donors (Lipinski definition) is 2. The largest absolute Gasteiger partial charge is 0.508 e. The van der Waals surface area contributed by atoms with Crippen LogP contribution in [-0.4, -0.2) is 12.2 Å². The van der Waals surface area contributed by atoms with Crippen LogP contribution in [0.3, 0.4) is 0 Å². The maximum Gasteiger partial charge on any atom is 0.120 e. The van der Waals surface area contributed by atoms with E-state index in [-0.39, 0.29) is 11.8 Å². The molecule has 1 aromatic heterocycles. The molecular formula is C14H16ClNO2S. The molecule has 1 aromatic carbocycles. The van der Waals surface area contributed by atoms with E-state index >= 15 is 0 Å². The molecule has 102 valence electrons. The van der Waals surface area contributed by atoms with Gasteiger partial charge in [-0.2, -0.15) is 0 Å². The van der Waals surface area contributed by atoms with E-state index in [0.717, 1.165) is 15.6 Å². The van der Waals surface area contributed by atoms with E-state index in [2.05, 4.69) is 12.2 Å². The monoisotopic (exact) mass is 297 g/mol. The fraction of sp³-hybridized carbons (Fsp3) is 0.286. The van der Waals surface area contributed by atoms with Crippen molar-refractivity contribution in [3.8, 4) is 11.5 Å². The first kappa shape index (κ1) is 14.2. The Balaban J connectivity index is 2.02. The number of ether oxygens (including phenoxy) is 1. The van der Waals surface area contributed by atoms with Crippen molar-refractivity contribution >= 4 is 22.9 Å². The Morgan fingerprint density at radius 1 is 1.37 bits per heavy atom. The van der Waals surface area contributed by atoms with E-state index in [1.165, 1.54) is 4.88 Å². The predicted octanol–water partition coefficient (Wildman–Crippen LogP) is 3.97. The van der Waals surface area contributed by atoms with Crippen molar-refractivity contribution in [2.45, 2.75) is 19.5 Å². The Hall–Kier alpha value is -1.23. The molecule has 0 aliphatic heterocycles.